The van der Waals surface area contributed by atoms with Gasteiger partial charge in [0, 0.05) is 25.3 Å². The highest BCUT2D eigenvalue weighted by Crippen LogP contribution is 2.34. The Labute approximate surface area is 207 Å². The predicted molar refractivity (Wildman–Crippen MR) is 138 cm³/mol. The van der Waals surface area contributed by atoms with Gasteiger partial charge in [-0.05, 0) is 66.9 Å². The minimum atomic E-state index is -0.927. The number of rotatable bonds is 8. The molecule has 0 aliphatic carbocycles. The molecule has 1 aromatic heterocycles. The lowest BCUT2D eigenvalue weighted by Gasteiger charge is -2.29. The van der Waals surface area contributed by atoms with Gasteiger partial charge in [-0.3, -0.25) is 0 Å². The molecule has 3 aromatic carbocycles. The van der Waals surface area contributed by atoms with Gasteiger partial charge in [0.25, 0.3) is 0 Å². The predicted octanol–water partition coefficient (Wildman–Crippen LogP) is 5.47. The van der Waals surface area contributed by atoms with E-state index in [0.717, 1.165) is 49.0 Å². The van der Waals surface area contributed by atoms with Crippen LogP contribution in [0, 0.1) is 5.82 Å². The number of anilines is 2. The summed E-state index contributed by atoms with van der Waals surface area (Å²) in [6, 6.07) is 20.3. The van der Waals surface area contributed by atoms with Gasteiger partial charge in [-0.25, -0.2) is 14.2 Å². The molecule has 0 amide bonds. The zero-order valence-electron chi connectivity index (χ0n) is 19.4. The van der Waals surface area contributed by atoms with Crippen LogP contribution in [0.25, 0.3) is 10.2 Å². The molecule has 0 spiro atoms. The molecule has 1 unspecified atom stereocenters. The molecule has 2 heterocycles. The lowest BCUT2D eigenvalue weighted by molar-refractivity contribution is 0.0697. The van der Waals surface area contributed by atoms with Gasteiger partial charge in [0.1, 0.15) is 11.6 Å². The number of hydrogen-bond donors (Lipinski definition) is 1. The number of halogens is 1. The molecule has 35 heavy (non-hydrogen) atoms. The van der Waals surface area contributed by atoms with Crippen LogP contribution in [-0.4, -0.2) is 48.8 Å². The number of ether oxygens (including phenoxy) is 1. The monoisotopic (exact) mass is 491 g/mol. The number of carboxylic acid groups (broad SMARTS) is 1. The number of carboxylic acids is 1. The third-order valence-electron chi connectivity index (χ3n) is 6.49. The minimum absolute atomic E-state index is 0.205. The number of methoxy groups -OCH3 is 1. The highest BCUT2D eigenvalue weighted by molar-refractivity contribution is 7.22. The molecule has 1 fully saturated rings. The lowest BCUT2D eigenvalue weighted by Crippen LogP contribution is -2.39. The van der Waals surface area contributed by atoms with E-state index >= 15 is 0 Å². The second-order valence-corrected chi connectivity index (χ2v) is 9.59. The fourth-order valence-electron chi connectivity index (χ4n) is 4.55. The molecular formula is C27H26FN3O3S. The molecular weight excluding hydrogens is 465 g/mol. The van der Waals surface area contributed by atoms with Crippen molar-refractivity contribution in [3.05, 3.63) is 83.7 Å². The number of aromatic nitrogens is 1. The van der Waals surface area contributed by atoms with Crippen LogP contribution in [0.4, 0.5) is 15.2 Å². The first kappa shape index (κ1) is 23.1. The molecule has 0 saturated carbocycles. The number of benzene rings is 3. The van der Waals surface area contributed by atoms with E-state index in [1.54, 1.807) is 25.3 Å². The van der Waals surface area contributed by atoms with Gasteiger partial charge in [-0.2, -0.15) is 0 Å². The third kappa shape index (κ3) is 4.93. The van der Waals surface area contributed by atoms with Crippen molar-refractivity contribution in [1.29, 1.82) is 0 Å². The van der Waals surface area contributed by atoms with Crippen molar-refractivity contribution in [1.82, 2.24) is 4.98 Å². The Bertz CT molecular complexity index is 1320. The van der Waals surface area contributed by atoms with Gasteiger partial charge in [-0.15, -0.1) is 0 Å². The Kier molecular flexibility index (Phi) is 6.55. The van der Waals surface area contributed by atoms with Crippen LogP contribution in [0.1, 0.15) is 22.3 Å². The van der Waals surface area contributed by atoms with E-state index in [4.69, 9.17) is 9.72 Å². The molecule has 1 N–H and O–H groups in total. The maximum Gasteiger partial charge on any atom is 0.335 e. The number of fused-ring (bicyclic) bond motifs is 1. The molecule has 1 aliphatic rings. The van der Waals surface area contributed by atoms with Crippen molar-refractivity contribution in [3.8, 4) is 5.75 Å². The maximum absolute atomic E-state index is 14.4. The van der Waals surface area contributed by atoms with Crippen molar-refractivity contribution in [2.24, 2.45) is 0 Å². The van der Waals surface area contributed by atoms with E-state index in [0.29, 0.717) is 10.2 Å². The van der Waals surface area contributed by atoms with Crippen LogP contribution in [0.15, 0.2) is 66.7 Å². The van der Waals surface area contributed by atoms with Crippen molar-refractivity contribution in [2.75, 3.05) is 36.5 Å². The first-order chi connectivity index (χ1) is 17.0. The van der Waals surface area contributed by atoms with Crippen molar-refractivity contribution < 1.29 is 19.0 Å². The molecule has 1 saturated heterocycles. The molecule has 1 aliphatic heterocycles. The van der Waals surface area contributed by atoms with Crippen LogP contribution in [-0.2, 0) is 6.42 Å². The van der Waals surface area contributed by atoms with Crippen molar-refractivity contribution >= 4 is 38.3 Å². The van der Waals surface area contributed by atoms with Crippen LogP contribution < -0.4 is 14.5 Å². The summed E-state index contributed by atoms with van der Waals surface area (Å²) >= 11 is 1.40. The Morgan fingerprint density at radius 3 is 2.63 bits per heavy atom. The summed E-state index contributed by atoms with van der Waals surface area (Å²) in [5, 5.41) is 10.0. The number of aromatic carboxylic acids is 1. The van der Waals surface area contributed by atoms with Crippen LogP contribution in [0.2, 0.25) is 0 Å². The van der Waals surface area contributed by atoms with Gasteiger partial charge >= 0.3 is 5.97 Å². The number of nitrogens with zero attached hydrogens (tertiary/aromatic N) is 3. The average Bonchev–Trinajstić information content (AvgIpc) is 3.53. The third-order valence-corrected chi connectivity index (χ3v) is 7.60. The van der Waals surface area contributed by atoms with E-state index in [1.165, 1.54) is 23.0 Å². The molecule has 5 rings (SSSR count). The summed E-state index contributed by atoms with van der Waals surface area (Å²) in [4.78, 5) is 20.6. The second kappa shape index (κ2) is 9.92. The number of carbonyl (C=O) groups is 1. The molecule has 8 heteroatoms. The summed E-state index contributed by atoms with van der Waals surface area (Å²) in [5.41, 5.74) is 3.16. The highest BCUT2D eigenvalue weighted by Gasteiger charge is 2.30. The Morgan fingerprint density at radius 1 is 1.17 bits per heavy atom. The molecule has 4 aromatic rings. The van der Waals surface area contributed by atoms with E-state index < -0.39 is 5.97 Å². The summed E-state index contributed by atoms with van der Waals surface area (Å²) in [6.07, 6.45) is 1.76. The Balaban J connectivity index is 1.38. The lowest BCUT2D eigenvalue weighted by atomic mass is 10.1. The second-order valence-electron chi connectivity index (χ2n) is 8.62. The van der Waals surface area contributed by atoms with Gasteiger partial charge in [-0.1, -0.05) is 29.5 Å². The molecule has 6 nitrogen and oxygen atoms in total. The summed E-state index contributed by atoms with van der Waals surface area (Å²) in [6.45, 7) is 2.40. The summed E-state index contributed by atoms with van der Waals surface area (Å²) in [5.74, 6) is -0.343. The fraction of sp³-hybridized carbons (Fsp3) is 0.259. The standard InChI is InChI=1S/C27H26FN3O3S/c1-34-22-11-5-18(6-12-22)13-16-31(27-29-24-4-2-3-23(28)25(24)35-27)21-14-15-30(17-21)20-9-7-19(8-10-20)26(32)33/h2-12,21H,13-17H2,1H3,(H,32,33). The molecule has 1 atom stereocenters. The number of hydrogen-bond acceptors (Lipinski definition) is 6. The van der Waals surface area contributed by atoms with E-state index in [-0.39, 0.29) is 17.4 Å². The normalized spacial score (nSPS) is 15.5. The van der Waals surface area contributed by atoms with Crippen molar-refractivity contribution in [3.63, 3.8) is 0 Å². The van der Waals surface area contributed by atoms with Gasteiger partial charge in [0.2, 0.25) is 0 Å². The summed E-state index contributed by atoms with van der Waals surface area (Å²) in [7, 11) is 1.66. The smallest absolute Gasteiger partial charge is 0.335 e. The first-order valence-corrected chi connectivity index (χ1v) is 12.4. The maximum atomic E-state index is 14.4. The molecule has 0 radical (unpaired) electrons. The number of thiazole rings is 1. The minimum Gasteiger partial charge on any atom is -0.497 e. The average molecular weight is 492 g/mol. The Hall–Kier alpha value is -3.65. The molecule has 0 bridgehead atoms. The van der Waals surface area contributed by atoms with Crippen LogP contribution in [0.3, 0.4) is 0 Å². The zero-order valence-corrected chi connectivity index (χ0v) is 20.2. The van der Waals surface area contributed by atoms with Gasteiger partial charge in [0.15, 0.2) is 5.13 Å². The van der Waals surface area contributed by atoms with Crippen LogP contribution in [0.5, 0.6) is 5.75 Å². The van der Waals surface area contributed by atoms with Gasteiger partial charge < -0.3 is 19.6 Å². The first-order valence-electron chi connectivity index (χ1n) is 11.5. The molecule has 180 valence electrons. The quantitative estimate of drug-likeness (QED) is 0.353. The zero-order chi connectivity index (χ0) is 24.4. The van der Waals surface area contributed by atoms with Gasteiger partial charge in [0.05, 0.1) is 28.9 Å². The SMILES string of the molecule is COc1ccc(CCN(c2nc3cccc(F)c3s2)C2CCN(c3ccc(C(=O)O)cc3)C2)cc1. The van der Waals surface area contributed by atoms with Crippen molar-refractivity contribution in [2.45, 2.75) is 18.9 Å². The highest BCUT2D eigenvalue weighted by atomic mass is 32.1. The summed E-state index contributed by atoms with van der Waals surface area (Å²) < 4.78 is 20.3. The Morgan fingerprint density at radius 2 is 1.94 bits per heavy atom. The largest absolute Gasteiger partial charge is 0.497 e. The van der Waals surface area contributed by atoms with E-state index in [2.05, 4.69) is 21.9 Å². The van der Waals surface area contributed by atoms with E-state index in [1.807, 2.05) is 30.3 Å². The fourth-order valence-corrected chi connectivity index (χ4v) is 5.62. The van der Waals surface area contributed by atoms with E-state index in [9.17, 15) is 14.3 Å². The van der Waals surface area contributed by atoms with Crippen LogP contribution >= 0.6 is 11.3 Å². The topological polar surface area (TPSA) is 65.9 Å².